The van der Waals surface area contributed by atoms with Gasteiger partial charge in [-0.15, -0.1) is 0 Å². The SMILES string of the molecule is Cc1ccc2c(c1)sc1nc3ccc(C)cc3c(=O)n12. The van der Waals surface area contributed by atoms with Crippen molar-refractivity contribution in [1.82, 2.24) is 9.38 Å². The zero-order valence-electron chi connectivity index (χ0n) is 11.2. The van der Waals surface area contributed by atoms with Crippen molar-refractivity contribution >= 4 is 37.4 Å². The minimum Gasteiger partial charge on any atom is -0.268 e. The predicted octanol–water partition coefficient (Wildman–Crippen LogP) is 3.68. The average molecular weight is 280 g/mol. The molecule has 0 bridgehead atoms. The molecule has 0 unspecified atom stereocenters. The fourth-order valence-corrected chi connectivity index (χ4v) is 3.67. The highest BCUT2D eigenvalue weighted by molar-refractivity contribution is 7.23. The zero-order valence-corrected chi connectivity index (χ0v) is 12.0. The predicted molar refractivity (Wildman–Crippen MR) is 83.8 cm³/mol. The van der Waals surface area contributed by atoms with Crippen LogP contribution in [0.1, 0.15) is 11.1 Å². The van der Waals surface area contributed by atoms with E-state index in [1.165, 1.54) is 5.56 Å². The Morgan fingerprint density at radius 1 is 1.05 bits per heavy atom. The van der Waals surface area contributed by atoms with Gasteiger partial charge in [-0.05, 0) is 43.7 Å². The average Bonchev–Trinajstić information content (AvgIpc) is 2.77. The van der Waals surface area contributed by atoms with Crippen LogP contribution in [0.25, 0.3) is 26.1 Å². The Bertz CT molecular complexity index is 1040. The van der Waals surface area contributed by atoms with E-state index >= 15 is 0 Å². The highest BCUT2D eigenvalue weighted by Crippen LogP contribution is 2.26. The standard InChI is InChI=1S/C16H12N2OS/c1-9-3-5-12-11(7-9)15(19)18-13-6-4-10(2)8-14(13)20-16(18)17-12/h3-8H,1-2H3. The maximum absolute atomic E-state index is 12.7. The van der Waals surface area contributed by atoms with Gasteiger partial charge >= 0.3 is 0 Å². The second-order valence-electron chi connectivity index (χ2n) is 5.13. The van der Waals surface area contributed by atoms with E-state index in [1.807, 2.05) is 37.3 Å². The van der Waals surface area contributed by atoms with Crippen LogP contribution in [-0.4, -0.2) is 9.38 Å². The first-order chi connectivity index (χ1) is 9.63. The van der Waals surface area contributed by atoms with Crippen LogP contribution >= 0.6 is 11.3 Å². The third kappa shape index (κ3) is 1.51. The van der Waals surface area contributed by atoms with Gasteiger partial charge in [0.25, 0.3) is 5.56 Å². The summed E-state index contributed by atoms with van der Waals surface area (Å²) in [6.45, 7) is 4.04. The van der Waals surface area contributed by atoms with Crippen molar-refractivity contribution in [3.05, 3.63) is 57.9 Å². The summed E-state index contributed by atoms with van der Waals surface area (Å²) in [4.78, 5) is 18.1. The number of hydrogen-bond donors (Lipinski definition) is 0. The summed E-state index contributed by atoms with van der Waals surface area (Å²) in [7, 11) is 0. The summed E-state index contributed by atoms with van der Waals surface area (Å²) in [5, 5.41) is 0.683. The van der Waals surface area contributed by atoms with E-state index in [0.717, 1.165) is 26.3 Å². The monoisotopic (exact) mass is 280 g/mol. The molecule has 0 saturated carbocycles. The van der Waals surface area contributed by atoms with E-state index in [2.05, 4.69) is 18.0 Å². The molecular formula is C16H12N2OS. The molecule has 20 heavy (non-hydrogen) atoms. The van der Waals surface area contributed by atoms with Crippen LogP contribution in [0.2, 0.25) is 0 Å². The fourth-order valence-electron chi connectivity index (χ4n) is 2.55. The third-order valence-corrected chi connectivity index (χ3v) is 4.55. The van der Waals surface area contributed by atoms with Gasteiger partial charge in [0.05, 0.1) is 21.1 Å². The molecule has 0 spiro atoms. The van der Waals surface area contributed by atoms with Gasteiger partial charge in [0, 0.05) is 0 Å². The quantitative estimate of drug-likeness (QED) is 0.492. The molecule has 0 aliphatic rings. The molecule has 0 saturated heterocycles. The zero-order chi connectivity index (χ0) is 13.9. The van der Waals surface area contributed by atoms with Crippen molar-refractivity contribution < 1.29 is 0 Å². The Labute approximate surface area is 119 Å². The molecule has 4 heteroatoms. The van der Waals surface area contributed by atoms with Crippen molar-refractivity contribution in [3.63, 3.8) is 0 Å². The second kappa shape index (κ2) is 3.90. The first kappa shape index (κ1) is 11.6. The van der Waals surface area contributed by atoms with Gasteiger partial charge in [0.1, 0.15) is 0 Å². The molecule has 0 atom stereocenters. The molecule has 2 aromatic heterocycles. The Hall–Kier alpha value is -2.20. The van der Waals surface area contributed by atoms with Crippen molar-refractivity contribution in [2.45, 2.75) is 13.8 Å². The first-order valence-corrected chi connectivity index (χ1v) is 7.27. The van der Waals surface area contributed by atoms with Crippen LogP contribution in [-0.2, 0) is 0 Å². The van der Waals surface area contributed by atoms with Crippen molar-refractivity contribution in [2.75, 3.05) is 0 Å². The lowest BCUT2D eigenvalue weighted by Gasteiger charge is -2.00. The third-order valence-electron chi connectivity index (χ3n) is 3.55. The fraction of sp³-hybridized carbons (Fsp3) is 0.125. The van der Waals surface area contributed by atoms with Crippen molar-refractivity contribution in [3.8, 4) is 0 Å². The van der Waals surface area contributed by atoms with Crippen molar-refractivity contribution in [2.24, 2.45) is 0 Å². The van der Waals surface area contributed by atoms with E-state index in [-0.39, 0.29) is 5.56 Å². The Kier molecular flexibility index (Phi) is 2.26. The Balaban J connectivity index is 2.30. The van der Waals surface area contributed by atoms with E-state index in [4.69, 9.17) is 0 Å². The van der Waals surface area contributed by atoms with Crippen LogP contribution in [0, 0.1) is 13.8 Å². The molecule has 98 valence electrons. The second-order valence-corrected chi connectivity index (χ2v) is 6.14. The summed E-state index contributed by atoms with van der Waals surface area (Å²) in [5.41, 5.74) is 3.99. The molecule has 4 aromatic rings. The number of aryl methyl sites for hydroxylation is 2. The maximum atomic E-state index is 12.7. The van der Waals surface area contributed by atoms with E-state index in [0.29, 0.717) is 5.39 Å². The Morgan fingerprint density at radius 3 is 2.65 bits per heavy atom. The maximum Gasteiger partial charge on any atom is 0.266 e. The molecular weight excluding hydrogens is 268 g/mol. The summed E-state index contributed by atoms with van der Waals surface area (Å²) in [5.74, 6) is 0. The van der Waals surface area contributed by atoms with Crippen LogP contribution < -0.4 is 5.56 Å². The highest BCUT2D eigenvalue weighted by Gasteiger charge is 2.11. The number of aromatic nitrogens is 2. The number of fused-ring (bicyclic) bond motifs is 4. The molecule has 2 aromatic carbocycles. The van der Waals surface area contributed by atoms with Crippen LogP contribution in [0.5, 0.6) is 0 Å². The lowest BCUT2D eigenvalue weighted by Crippen LogP contribution is -2.13. The summed E-state index contributed by atoms with van der Waals surface area (Å²) < 4.78 is 2.82. The highest BCUT2D eigenvalue weighted by atomic mass is 32.1. The molecule has 3 nitrogen and oxygen atoms in total. The molecule has 4 rings (SSSR count). The molecule has 0 N–H and O–H groups in total. The lowest BCUT2D eigenvalue weighted by molar-refractivity contribution is 1.16. The molecule has 0 aliphatic heterocycles. The summed E-state index contributed by atoms with van der Waals surface area (Å²) in [6.07, 6.45) is 0. The van der Waals surface area contributed by atoms with Gasteiger partial charge in [0.15, 0.2) is 4.96 Å². The molecule has 0 fully saturated rings. The topological polar surface area (TPSA) is 34.4 Å². The van der Waals surface area contributed by atoms with Crippen molar-refractivity contribution in [1.29, 1.82) is 0 Å². The van der Waals surface area contributed by atoms with Crippen LogP contribution in [0.4, 0.5) is 0 Å². The molecule has 2 heterocycles. The van der Waals surface area contributed by atoms with Crippen LogP contribution in [0.3, 0.4) is 0 Å². The minimum atomic E-state index is 0.0174. The number of benzene rings is 2. The van der Waals surface area contributed by atoms with Gasteiger partial charge in [-0.3, -0.25) is 9.20 Å². The van der Waals surface area contributed by atoms with Gasteiger partial charge in [-0.1, -0.05) is 29.0 Å². The number of nitrogens with zero attached hydrogens (tertiary/aromatic N) is 2. The van der Waals surface area contributed by atoms with Gasteiger partial charge in [0.2, 0.25) is 0 Å². The summed E-state index contributed by atoms with van der Waals surface area (Å²) in [6, 6.07) is 11.9. The minimum absolute atomic E-state index is 0.0174. The largest absolute Gasteiger partial charge is 0.268 e. The Morgan fingerprint density at radius 2 is 1.80 bits per heavy atom. The van der Waals surface area contributed by atoms with E-state index < -0.39 is 0 Å². The first-order valence-electron chi connectivity index (χ1n) is 6.46. The van der Waals surface area contributed by atoms with Crippen LogP contribution in [0.15, 0.2) is 41.2 Å². The smallest absolute Gasteiger partial charge is 0.266 e. The van der Waals surface area contributed by atoms with Gasteiger partial charge in [-0.25, -0.2) is 4.98 Å². The van der Waals surface area contributed by atoms with Gasteiger partial charge < -0.3 is 0 Å². The summed E-state index contributed by atoms with van der Waals surface area (Å²) >= 11 is 1.56. The number of rotatable bonds is 0. The lowest BCUT2D eigenvalue weighted by atomic mass is 10.2. The van der Waals surface area contributed by atoms with Gasteiger partial charge in [-0.2, -0.15) is 0 Å². The molecule has 0 radical (unpaired) electrons. The molecule has 0 amide bonds. The number of hydrogen-bond acceptors (Lipinski definition) is 3. The van der Waals surface area contributed by atoms with E-state index in [1.54, 1.807) is 15.7 Å². The molecule has 0 aliphatic carbocycles. The normalized spacial score (nSPS) is 11.7. The number of thiazole rings is 1. The van der Waals surface area contributed by atoms with E-state index in [9.17, 15) is 4.79 Å².